The van der Waals surface area contributed by atoms with Gasteiger partial charge in [0.05, 0.1) is 13.1 Å². The molecule has 0 aromatic carbocycles. The third kappa shape index (κ3) is 1.71. The minimum absolute atomic E-state index is 0.452. The van der Waals surface area contributed by atoms with Gasteiger partial charge in [-0.3, -0.25) is 0 Å². The average Bonchev–Trinajstić information content (AvgIpc) is 2.98. The summed E-state index contributed by atoms with van der Waals surface area (Å²) < 4.78 is 1.04. The van der Waals surface area contributed by atoms with Crippen molar-refractivity contribution >= 4 is 28.5 Å². The zero-order valence-corrected chi connectivity index (χ0v) is 10.4. The van der Waals surface area contributed by atoms with Gasteiger partial charge < -0.3 is 10.0 Å². The first-order valence-electron chi connectivity index (χ1n) is 5.12. The van der Waals surface area contributed by atoms with Crippen LogP contribution in [0.4, 0.5) is 5.95 Å². The number of hydrogen-bond donors (Lipinski definition) is 1. The van der Waals surface area contributed by atoms with Crippen LogP contribution in [0.25, 0.3) is 0 Å². The first-order valence-corrected chi connectivity index (χ1v) is 6.20. The Morgan fingerprint density at radius 3 is 2.47 bits per heavy atom. The van der Waals surface area contributed by atoms with Crippen molar-refractivity contribution in [1.82, 2.24) is 9.97 Å². The van der Waals surface area contributed by atoms with Crippen molar-refractivity contribution in [1.29, 1.82) is 0 Å². The lowest BCUT2D eigenvalue weighted by Crippen LogP contribution is -2.63. The van der Waals surface area contributed by atoms with Crippen LogP contribution in [-0.2, 0) is 0 Å². The lowest BCUT2D eigenvalue weighted by Gasteiger charge is -2.46. The first-order chi connectivity index (χ1) is 7.17. The van der Waals surface area contributed by atoms with E-state index in [-0.39, 0.29) is 0 Å². The lowest BCUT2D eigenvalue weighted by molar-refractivity contribution is -0.0102. The summed E-state index contributed by atoms with van der Waals surface area (Å²) in [4.78, 5) is 10.5. The third-order valence-corrected chi connectivity index (χ3v) is 3.71. The quantitative estimate of drug-likeness (QED) is 0.828. The van der Waals surface area contributed by atoms with Gasteiger partial charge in [0.1, 0.15) is 5.60 Å². The van der Waals surface area contributed by atoms with Crippen molar-refractivity contribution < 1.29 is 5.11 Å². The maximum Gasteiger partial charge on any atom is 0.225 e. The van der Waals surface area contributed by atoms with E-state index in [1.54, 1.807) is 12.4 Å². The molecule has 15 heavy (non-hydrogen) atoms. The Bertz CT molecular complexity index is 371. The molecule has 0 amide bonds. The second-order valence-electron chi connectivity index (χ2n) is 4.44. The van der Waals surface area contributed by atoms with Crippen LogP contribution in [-0.4, -0.2) is 33.8 Å². The lowest BCUT2D eigenvalue weighted by atomic mass is 9.89. The summed E-state index contributed by atoms with van der Waals surface area (Å²) >= 11 is 2.18. The average molecular weight is 317 g/mol. The summed E-state index contributed by atoms with van der Waals surface area (Å²) in [5, 5.41) is 10.1. The molecular formula is C10H12IN3O. The van der Waals surface area contributed by atoms with Gasteiger partial charge in [-0.25, -0.2) is 9.97 Å². The topological polar surface area (TPSA) is 49.2 Å². The summed E-state index contributed by atoms with van der Waals surface area (Å²) in [6.45, 7) is 1.39. The molecule has 1 aromatic heterocycles. The first kappa shape index (κ1) is 9.77. The fourth-order valence-electron chi connectivity index (χ4n) is 2.10. The van der Waals surface area contributed by atoms with E-state index in [0.29, 0.717) is 19.0 Å². The number of β-amino-alcohol motifs (C(OH)–C–C–N with tert-alkyl or cyclic N) is 1. The van der Waals surface area contributed by atoms with Crippen LogP contribution in [0.2, 0.25) is 0 Å². The highest BCUT2D eigenvalue weighted by Gasteiger charge is 2.52. The molecule has 2 fully saturated rings. The fourth-order valence-corrected chi connectivity index (χ4v) is 2.38. The number of rotatable bonds is 2. The minimum atomic E-state index is -0.452. The van der Waals surface area contributed by atoms with E-state index in [9.17, 15) is 5.11 Å². The molecule has 1 N–H and O–H groups in total. The summed E-state index contributed by atoms with van der Waals surface area (Å²) in [5.74, 6) is 1.26. The Hall–Kier alpha value is -0.430. The molecule has 0 spiro atoms. The van der Waals surface area contributed by atoms with Crippen LogP contribution in [0.1, 0.15) is 12.8 Å². The molecular weight excluding hydrogens is 305 g/mol. The summed E-state index contributed by atoms with van der Waals surface area (Å²) in [6.07, 6.45) is 5.96. The van der Waals surface area contributed by atoms with E-state index in [0.717, 1.165) is 9.52 Å². The predicted molar refractivity (Wildman–Crippen MR) is 64.6 cm³/mol. The molecule has 0 radical (unpaired) electrons. The second-order valence-corrected chi connectivity index (χ2v) is 5.68. The molecule has 0 atom stereocenters. The third-order valence-electron chi connectivity index (χ3n) is 3.16. The molecule has 2 heterocycles. The van der Waals surface area contributed by atoms with Gasteiger partial charge in [-0.15, -0.1) is 0 Å². The summed E-state index contributed by atoms with van der Waals surface area (Å²) in [7, 11) is 0. The Morgan fingerprint density at radius 1 is 1.33 bits per heavy atom. The number of anilines is 1. The van der Waals surface area contributed by atoms with Crippen LogP contribution < -0.4 is 4.90 Å². The van der Waals surface area contributed by atoms with E-state index in [1.165, 1.54) is 12.8 Å². The fraction of sp³-hybridized carbons (Fsp3) is 0.600. The van der Waals surface area contributed by atoms with Gasteiger partial charge in [0.2, 0.25) is 5.95 Å². The number of aliphatic hydroxyl groups is 1. The van der Waals surface area contributed by atoms with Crippen LogP contribution in [0.3, 0.4) is 0 Å². The van der Waals surface area contributed by atoms with Gasteiger partial charge in [0, 0.05) is 16.0 Å². The van der Waals surface area contributed by atoms with Gasteiger partial charge in [-0.1, -0.05) is 0 Å². The van der Waals surface area contributed by atoms with Crippen molar-refractivity contribution in [2.24, 2.45) is 5.92 Å². The molecule has 1 aliphatic carbocycles. The normalized spacial score (nSPS) is 23.7. The standard InChI is InChI=1S/C10H12IN3O/c11-8-3-12-9(13-4-8)14-5-10(15,6-14)7-1-2-7/h3-4,7,15H,1-2,5-6H2. The molecule has 5 heteroatoms. The molecule has 0 bridgehead atoms. The smallest absolute Gasteiger partial charge is 0.225 e. The molecule has 0 unspecified atom stereocenters. The largest absolute Gasteiger partial charge is 0.386 e. The molecule has 1 saturated heterocycles. The number of nitrogens with zero attached hydrogens (tertiary/aromatic N) is 3. The summed E-state index contributed by atoms with van der Waals surface area (Å²) in [5.41, 5.74) is -0.452. The van der Waals surface area contributed by atoms with E-state index in [4.69, 9.17) is 0 Å². The maximum atomic E-state index is 10.1. The minimum Gasteiger partial charge on any atom is -0.386 e. The van der Waals surface area contributed by atoms with Crippen molar-refractivity contribution in [2.75, 3.05) is 18.0 Å². The van der Waals surface area contributed by atoms with Crippen LogP contribution in [0.5, 0.6) is 0 Å². The van der Waals surface area contributed by atoms with Crippen LogP contribution >= 0.6 is 22.6 Å². The predicted octanol–water partition coefficient (Wildman–Crippen LogP) is 1.04. The van der Waals surface area contributed by atoms with Gasteiger partial charge in [-0.2, -0.15) is 0 Å². The van der Waals surface area contributed by atoms with Crippen molar-refractivity contribution in [3.63, 3.8) is 0 Å². The molecule has 3 rings (SSSR count). The van der Waals surface area contributed by atoms with Gasteiger partial charge in [0.25, 0.3) is 0 Å². The Kier molecular flexibility index (Phi) is 2.14. The maximum absolute atomic E-state index is 10.1. The Morgan fingerprint density at radius 2 is 1.93 bits per heavy atom. The zero-order chi connectivity index (χ0) is 10.5. The van der Waals surface area contributed by atoms with Crippen LogP contribution in [0, 0.1) is 9.49 Å². The van der Waals surface area contributed by atoms with E-state index >= 15 is 0 Å². The Labute approximate surface area is 102 Å². The molecule has 2 aliphatic rings. The molecule has 1 aliphatic heterocycles. The molecule has 80 valence electrons. The Balaban J connectivity index is 1.69. The van der Waals surface area contributed by atoms with Crippen LogP contribution in [0.15, 0.2) is 12.4 Å². The van der Waals surface area contributed by atoms with Crippen molar-refractivity contribution in [3.8, 4) is 0 Å². The number of aromatic nitrogens is 2. The zero-order valence-electron chi connectivity index (χ0n) is 8.23. The number of halogens is 1. The second kappa shape index (κ2) is 3.28. The molecule has 1 aromatic rings. The monoisotopic (exact) mass is 317 g/mol. The van der Waals surface area contributed by atoms with E-state index in [2.05, 4.69) is 32.6 Å². The van der Waals surface area contributed by atoms with Gasteiger partial charge >= 0.3 is 0 Å². The SMILES string of the molecule is OC1(C2CC2)CN(c2ncc(I)cn2)C1. The van der Waals surface area contributed by atoms with Gasteiger partial charge in [0.15, 0.2) is 0 Å². The van der Waals surface area contributed by atoms with Crippen molar-refractivity contribution in [2.45, 2.75) is 18.4 Å². The molecule has 4 nitrogen and oxygen atoms in total. The summed E-state index contributed by atoms with van der Waals surface area (Å²) in [6, 6.07) is 0. The highest BCUT2D eigenvalue weighted by atomic mass is 127. The molecule has 1 saturated carbocycles. The van der Waals surface area contributed by atoms with Gasteiger partial charge in [-0.05, 0) is 41.4 Å². The van der Waals surface area contributed by atoms with E-state index < -0.39 is 5.60 Å². The highest BCUT2D eigenvalue weighted by molar-refractivity contribution is 14.1. The van der Waals surface area contributed by atoms with E-state index in [1.807, 2.05) is 4.90 Å². The van der Waals surface area contributed by atoms with Crippen molar-refractivity contribution in [3.05, 3.63) is 16.0 Å². The number of hydrogen-bond acceptors (Lipinski definition) is 4. The highest BCUT2D eigenvalue weighted by Crippen LogP contribution is 2.45.